The fourth-order valence-electron chi connectivity index (χ4n) is 2.07. The van der Waals surface area contributed by atoms with E-state index in [1.807, 2.05) is 32.0 Å². The summed E-state index contributed by atoms with van der Waals surface area (Å²) in [6.07, 6.45) is 0.635. The second-order valence-electron chi connectivity index (χ2n) is 4.39. The van der Waals surface area contributed by atoms with Crippen LogP contribution in [-0.2, 0) is 11.2 Å². The summed E-state index contributed by atoms with van der Waals surface area (Å²) in [7, 11) is 0. The van der Waals surface area contributed by atoms with Gasteiger partial charge in [-0.05, 0) is 43.5 Å². The summed E-state index contributed by atoms with van der Waals surface area (Å²) in [6, 6.07) is 5.69. The molecule has 1 aromatic heterocycles. The number of carbonyl (C=O) groups is 1. The lowest BCUT2D eigenvalue weighted by molar-refractivity contribution is -0.136. The van der Waals surface area contributed by atoms with Crippen LogP contribution >= 0.6 is 11.6 Å². The standard InChI is InChI=1S/C14H14ClNO2/c1-8-7-10(3-6-13(17)18)11-4-5-12(15)9(2)14(11)16-8/h4-5,7H,3,6H2,1-2H3,(H,17,18). The Hall–Kier alpha value is -1.61. The normalized spacial score (nSPS) is 10.8. The van der Waals surface area contributed by atoms with Gasteiger partial charge >= 0.3 is 5.97 Å². The van der Waals surface area contributed by atoms with Gasteiger partial charge in [0.2, 0.25) is 0 Å². The Balaban J connectivity index is 2.59. The van der Waals surface area contributed by atoms with Crippen LogP contribution < -0.4 is 0 Å². The molecule has 0 aliphatic rings. The minimum atomic E-state index is -0.789. The smallest absolute Gasteiger partial charge is 0.303 e. The van der Waals surface area contributed by atoms with Gasteiger partial charge in [-0.25, -0.2) is 0 Å². The molecule has 2 rings (SSSR count). The van der Waals surface area contributed by atoms with Crippen molar-refractivity contribution in [1.29, 1.82) is 0 Å². The van der Waals surface area contributed by atoms with Crippen molar-refractivity contribution in [1.82, 2.24) is 4.98 Å². The molecule has 0 bridgehead atoms. The topological polar surface area (TPSA) is 50.2 Å². The molecule has 18 heavy (non-hydrogen) atoms. The van der Waals surface area contributed by atoms with Crippen LogP contribution in [0.3, 0.4) is 0 Å². The van der Waals surface area contributed by atoms with E-state index in [0.717, 1.165) is 27.7 Å². The Labute approximate surface area is 110 Å². The molecule has 0 saturated carbocycles. The minimum Gasteiger partial charge on any atom is -0.481 e. The number of nitrogens with zero attached hydrogens (tertiary/aromatic N) is 1. The van der Waals surface area contributed by atoms with E-state index in [9.17, 15) is 4.79 Å². The zero-order chi connectivity index (χ0) is 13.3. The van der Waals surface area contributed by atoms with Crippen LogP contribution in [0.1, 0.15) is 23.2 Å². The van der Waals surface area contributed by atoms with Crippen LogP contribution in [0.2, 0.25) is 5.02 Å². The zero-order valence-electron chi connectivity index (χ0n) is 10.3. The molecule has 1 heterocycles. The predicted molar refractivity (Wildman–Crippen MR) is 72.2 cm³/mol. The number of fused-ring (bicyclic) bond motifs is 1. The molecule has 0 spiro atoms. The van der Waals surface area contributed by atoms with E-state index >= 15 is 0 Å². The van der Waals surface area contributed by atoms with E-state index in [1.54, 1.807) is 0 Å². The van der Waals surface area contributed by atoms with E-state index in [-0.39, 0.29) is 6.42 Å². The van der Waals surface area contributed by atoms with Gasteiger partial charge in [-0.15, -0.1) is 0 Å². The molecular weight excluding hydrogens is 250 g/mol. The third kappa shape index (κ3) is 2.46. The summed E-state index contributed by atoms with van der Waals surface area (Å²) in [4.78, 5) is 15.2. The fourth-order valence-corrected chi connectivity index (χ4v) is 2.22. The number of benzene rings is 1. The van der Waals surface area contributed by atoms with Crippen molar-refractivity contribution < 1.29 is 9.90 Å². The maximum absolute atomic E-state index is 10.7. The first-order chi connectivity index (χ1) is 8.49. The molecule has 2 aromatic rings. The number of rotatable bonds is 3. The number of aliphatic carboxylic acids is 1. The van der Waals surface area contributed by atoms with Crippen LogP contribution in [0.15, 0.2) is 18.2 Å². The number of carboxylic acid groups (broad SMARTS) is 1. The van der Waals surface area contributed by atoms with Gasteiger partial charge in [0.15, 0.2) is 0 Å². The lowest BCUT2D eigenvalue weighted by atomic mass is 10.0. The van der Waals surface area contributed by atoms with Gasteiger partial charge in [0.25, 0.3) is 0 Å². The highest BCUT2D eigenvalue weighted by atomic mass is 35.5. The maximum Gasteiger partial charge on any atom is 0.303 e. The molecule has 3 nitrogen and oxygen atoms in total. The van der Waals surface area contributed by atoms with Gasteiger partial charge in [-0.3, -0.25) is 9.78 Å². The lowest BCUT2D eigenvalue weighted by Crippen LogP contribution is -2.00. The summed E-state index contributed by atoms with van der Waals surface area (Å²) >= 11 is 6.09. The van der Waals surface area contributed by atoms with Gasteiger partial charge in [-0.1, -0.05) is 17.7 Å². The molecule has 0 aliphatic heterocycles. The first-order valence-electron chi connectivity index (χ1n) is 5.76. The molecule has 0 aliphatic carbocycles. The second-order valence-corrected chi connectivity index (χ2v) is 4.79. The number of aryl methyl sites for hydroxylation is 3. The Morgan fingerprint density at radius 2 is 2.11 bits per heavy atom. The first-order valence-corrected chi connectivity index (χ1v) is 6.14. The highest BCUT2D eigenvalue weighted by Crippen LogP contribution is 2.27. The van der Waals surface area contributed by atoms with Crippen LogP contribution in [0, 0.1) is 13.8 Å². The number of halogens is 1. The highest BCUT2D eigenvalue weighted by molar-refractivity contribution is 6.32. The molecule has 1 aromatic carbocycles. The van der Waals surface area contributed by atoms with Gasteiger partial charge in [-0.2, -0.15) is 0 Å². The fraction of sp³-hybridized carbons (Fsp3) is 0.286. The third-order valence-electron chi connectivity index (χ3n) is 2.99. The van der Waals surface area contributed by atoms with Crippen molar-refractivity contribution >= 4 is 28.5 Å². The Kier molecular flexibility index (Phi) is 3.53. The molecule has 94 valence electrons. The second kappa shape index (κ2) is 4.94. The molecule has 0 fully saturated rings. The van der Waals surface area contributed by atoms with Crippen molar-refractivity contribution in [3.05, 3.63) is 40.0 Å². The molecule has 1 N–H and O–H groups in total. The van der Waals surface area contributed by atoms with Gasteiger partial charge in [0.1, 0.15) is 0 Å². The number of hydrogen-bond acceptors (Lipinski definition) is 2. The SMILES string of the molecule is Cc1cc(CCC(=O)O)c2ccc(Cl)c(C)c2n1. The number of hydrogen-bond donors (Lipinski definition) is 1. The van der Waals surface area contributed by atoms with E-state index in [0.29, 0.717) is 11.4 Å². The van der Waals surface area contributed by atoms with Crippen molar-refractivity contribution in [3.63, 3.8) is 0 Å². The van der Waals surface area contributed by atoms with Crippen molar-refractivity contribution in [2.24, 2.45) is 0 Å². The van der Waals surface area contributed by atoms with Crippen LogP contribution in [0.4, 0.5) is 0 Å². The lowest BCUT2D eigenvalue weighted by Gasteiger charge is -2.10. The summed E-state index contributed by atoms with van der Waals surface area (Å²) in [5.74, 6) is -0.789. The molecule has 0 unspecified atom stereocenters. The highest BCUT2D eigenvalue weighted by Gasteiger charge is 2.09. The molecular formula is C14H14ClNO2. The number of carboxylic acids is 1. The van der Waals surface area contributed by atoms with Gasteiger partial charge in [0.05, 0.1) is 5.52 Å². The van der Waals surface area contributed by atoms with E-state index < -0.39 is 5.97 Å². The van der Waals surface area contributed by atoms with Gasteiger partial charge in [0, 0.05) is 22.5 Å². The van der Waals surface area contributed by atoms with Gasteiger partial charge < -0.3 is 5.11 Å². The predicted octanol–water partition coefficient (Wildman–Crippen LogP) is 3.52. The number of aromatic nitrogens is 1. The quantitative estimate of drug-likeness (QED) is 0.922. The van der Waals surface area contributed by atoms with E-state index in [1.165, 1.54) is 0 Å². The Morgan fingerprint density at radius 3 is 2.78 bits per heavy atom. The van der Waals surface area contributed by atoms with Crippen molar-refractivity contribution in [3.8, 4) is 0 Å². The van der Waals surface area contributed by atoms with Crippen LogP contribution in [-0.4, -0.2) is 16.1 Å². The van der Waals surface area contributed by atoms with Crippen molar-refractivity contribution in [2.75, 3.05) is 0 Å². The van der Waals surface area contributed by atoms with E-state index in [2.05, 4.69) is 4.98 Å². The molecule has 0 radical (unpaired) electrons. The maximum atomic E-state index is 10.7. The summed E-state index contributed by atoms with van der Waals surface area (Å²) in [5, 5.41) is 10.5. The van der Waals surface area contributed by atoms with E-state index in [4.69, 9.17) is 16.7 Å². The van der Waals surface area contributed by atoms with Crippen LogP contribution in [0.25, 0.3) is 10.9 Å². The third-order valence-corrected chi connectivity index (χ3v) is 3.40. The molecule has 0 saturated heterocycles. The monoisotopic (exact) mass is 263 g/mol. The molecule has 0 amide bonds. The minimum absolute atomic E-state index is 0.125. The average Bonchev–Trinajstić information content (AvgIpc) is 2.31. The summed E-state index contributed by atoms with van der Waals surface area (Å²) in [6.45, 7) is 3.84. The zero-order valence-corrected chi connectivity index (χ0v) is 11.1. The first kappa shape index (κ1) is 12.8. The summed E-state index contributed by atoms with van der Waals surface area (Å²) < 4.78 is 0. The van der Waals surface area contributed by atoms with Crippen molar-refractivity contribution in [2.45, 2.75) is 26.7 Å². The number of pyridine rings is 1. The summed E-state index contributed by atoms with van der Waals surface area (Å²) in [5.41, 5.74) is 3.70. The molecule has 0 atom stereocenters. The Morgan fingerprint density at radius 1 is 1.39 bits per heavy atom. The molecule has 4 heteroatoms. The largest absolute Gasteiger partial charge is 0.481 e. The average molecular weight is 264 g/mol. The van der Waals surface area contributed by atoms with Crippen LogP contribution in [0.5, 0.6) is 0 Å². The Bertz CT molecular complexity index is 623.